The van der Waals surface area contributed by atoms with E-state index in [0.717, 1.165) is 0 Å². The molecule has 1 atom stereocenters. The van der Waals surface area contributed by atoms with E-state index >= 15 is 0 Å². The molecule has 0 aliphatic heterocycles. The number of benzene rings is 2. The van der Waals surface area contributed by atoms with Crippen molar-refractivity contribution in [3.05, 3.63) is 65.7 Å². The molecule has 2 aromatic rings. The van der Waals surface area contributed by atoms with Crippen LogP contribution in [0.15, 0.2) is 54.6 Å². The van der Waals surface area contributed by atoms with Crippen molar-refractivity contribution in [2.75, 3.05) is 6.61 Å². The Labute approximate surface area is 123 Å². The lowest BCUT2D eigenvalue weighted by Crippen LogP contribution is -2.22. The lowest BCUT2D eigenvalue weighted by Gasteiger charge is -2.20. The van der Waals surface area contributed by atoms with Gasteiger partial charge in [0.15, 0.2) is 0 Å². The maximum absolute atomic E-state index is 12.2. The Hall–Kier alpha value is -2.33. The van der Waals surface area contributed by atoms with Gasteiger partial charge in [0, 0.05) is 5.56 Å². The minimum atomic E-state index is -0.893. The van der Waals surface area contributed by atoms with Gasteiger partial charge in [-0.15, -0.1) is 0 Å². The maximum Gasteiger partial charge on any atom is 0.352 e. The lowest BCUT2D eigenvalue weighted by molar-refractivity contribution is -0.151. The molecule has 0 spiro atoms. The molecule has 0 aliphatic rings. The predicted molar refractivity (Wildman–Crippen MR) is 78.8 cm³/mol. The zero-order valence-corrected chi connectivity index (χ0v) is 11.9. The van der Waals surface area contributed by atoms with Crippen LogP contribution in [0.1, 0.15) is 24.2 Å². The molecule has 110 valence electrons. The summed E-state index contributed by atoms with van der Waals surface area (Å²) < 4.78 is 10.9. The van der Waals surface area contributed by atoms with E-state index in [0.29, 0.717) is 16.9 Å². The van der Waals surface area contributed by atoms with E-state index < -0.39 is 12.1 Å². The van der Waals surface area contributed by atoms with Crippen LogP contribution in [0.5, 0.6) is 5.75 Å². The molecule has 1 N–H and O–H groups in total. The van der Waals surface area contributed by atoms with Gasteiger partial charge >= 0.3 is 5.97 Å². The van der Waals surface area contributed by atoms with Gasteiger partial charge in [-0.25, -0.2) is 4.79 Å². The molecular weight excluding hydrogens is 268 g/mol. The summed E-state index contributed by atoms with van der Waals surface area (Å²) in [5, 5.41) is 9.44. The zero-order valence-electron chi connectivity index (χ0n) is 11.9. The van der Waals surface area contributed by atoms with Gasteiger partial charge in [0.1, 0.15) is 5.75 Å². The van der Waals surface area contributed by atoms with Crippen LogP contribution in [0.25, 0.3) is 0 Å². The van der Waals surface area contributed by atoms with E-state index in [1.165, 1.54) is 0 Å². The van der Waals surface area contributed by atoms with Gasteiger partial charge in [0.05, 0.1) is 13.2 Å². The van der Waals surface area contributed by atoms with Crippen molar-refractivity contribution in [2.45, 2.75) is 19.6 Å². The fourth-order valence-corrected chi connectivity index (χ4v) is 2.03. The summed E-state index contributed by atoms with van der Waals surface area (Å²) in [6.45, 7) is 1.86. The fourth-order valence-electron chi connectivity index (χ4n) is 2.03. The van der Waals surface area contributed by atoms with Crippen molar-refractivity contribution < 1.29 is 19.4 Å². The topological polar surface area (TPSA) is 55.8 Å². The number of rotatable bonds is 6. The summed E-state index contributed by atoms with van der Waals surface area (Å²) in [7, 11) is 0. The molecular formula is C17H18O4. The molecule has 4 heteroatoms. The number of ether oxygens (including phenoxy) is 2. The maximum atomic E-state index is 12.2. The predicted octanol–water partition coefficient (Wildman–Crippen LogP) is 2.86. The Bertz CT molecular complexity index is 580. The minimum Gasteiger partial charge on any atom is -0.474 e. The molecule has 0 aromatic heterocycles. The first kappa shape index (κ1) is 15.1. The normalized spacial score (nSPS) is 11.7. The summed E-state index contributed by atoms with van der Waals surface area (Å²) in [6.07, 6.45) is -0.893. The molecule has 0 bridgehead atoms. The summed E-state index contributed by atoms with van der Waals surface area (Å²) in [5.74, 6) is 0.102. The Morgan fingerprint density at radius 1 is 1.10 bits per heavy atom. The standard InChI is InChI=1S/C17H18O4/c1-2-20-17(19)16(21-14-9-4-3-5-10-14)15-11-7-6-8-13(15)12-18/h3-11,16,18H,2,12H2,1H3. The number of carbonyl (C=O) groups excluding carboxylic acids is 1. The molecule has 2 rings (SSSR count). The summed E-state index contributed by atoms with van der Waals surface area (Å²) >= 11 is 0. The van der Waals surface area contributed by atoms with Crippen molar-refractivity contribution in [2.24, 2.45) is 0 Å². The molecule has 0 radical (unpaired) electrons. The van der Waals surface area contributed by atoms with Crippen LogP contribution in [-0.4, -0.2) is 17.7 Å². The lowest BCUT2D eigenvalue weighted by atomic mass is 10.0. The van der Waals surface area contributed by atoms with Crippen LogP contribution >= 0.6 is 0 Å². The fraction of sp³-hybridized carbons (Fsp3) is 0.235. The van der Waals surface area contributed by atoms with Crippen molar-refractivity contribution >= 4 is 5.97 Å². The third-order valence-electron chi connectivity index (χ3n) is 3.01. The van der Waals surface area contributed by atoms with E-state index in [1.807, 2.05) is 18.2 Å². The van der Waals surface area contributed by atoms with Crippen LogP contribution in [0, 0.1) is 0 Å². The molecule has 0 amide bonds. The molecule has 2 aromatic carbocycles. The highest BCUT2D eigenvalue weighted by Crippen LogP contribution is 2.26. The number of aliphatic hydroxyl groups excluding tert-OH is 1. The van der Waals surface area contributed by atoms with E-state index in [2.05, 4.69) is 0 Å². The van der Waals surface area contributed by atoms with E-state index in [1.54, 1.807) is 43.3 Å². The number of hydrogen-bond donors (Lipinski definition) is 1. The van der Waals surface area contributed by atoms with Crippen molar-refractivity contribution in [3.8, 4) is 5.75 Å². The van der Waals surface area contributed by atoms with Gasteiger partial charge in [-0.2, -0.15) is 0 Å². The number of esters is 1. The SMILES string of the molecule is CCOC(=O)C(Oc1ccccc1)c1ccccc1CO. The largest absolute Gasteiger partial charge is 0.474 e. The number of para-hydroxylation sites is 1. The second-order valence-corrected chi connectivity index (χ2v) is 4.42. The van der Waals surface area contributed by atoms with E-state index in [9.17, 15) is 9.90 Å². The van der Waals surface area contributed by atoms with Crippen molar-refractivity contribution in [1.82, 2.24) is 0 Å². The Kier molecular flexibility index (Phi) is 5.35. The van der Waals surface area contributed by atoms with Crippen molar-refractivity contribution in [1.29, 1.82) is 0 Å². The zero-order chi connectivity index (χ0) is 15.1. The van der Waals surface area contributed by atoms with Gasteiger partial charge < -0.3 is 14.6 Å². The van der Waals surface area contributed by atoms with Crippen LogP contribution < -0.4 is 4.74 Å². The van der Waals surface area contributed by atoms with E-state index in [4.69, 9.17) is 9.47 Å². The molecule has 21 heavy (non-hydrogen) atoms. The number of hydrogen-bond acceptors (Lipinski definition) is 4. The average molecular weight is 286 g/mol. The van der Waals surface area contributed by atoms with Crippen LogP contribution in [0.3, 0.4) is 0 Å². The molecule has 0 aliphatic carbocycles. The Balaban J connectivity index is 2.34. The average Bonchev–Trinajstić information content (AvgIpc) is 2.54. The smallest absolute Gasteiger partial charge is 0.352 e. The summed E-state index contributed by atoms with van der Waals surface area (Å²) in [4.78, 5) is 12.2. The van der Waals surface area contributed by atoms with Crippen LogP contribution in [0.4, 0.5) is 0 Å². The molecule has 1 unspecified atom stereocenters. The highest BCUT2D eigenvalue weighted by atomic mass is 16.6. The first-order valence-electron chi connectivity index (χ1n) is 6.83. The third-order valence-corrected chi connectivity index (χ3v) is 3.01. The van der Waals surface area contributed by atoms with Gasteiger partial charge in [0.25, 0.3) is 0 Å². The quantitative estimate of drug-likeness (QED) is 0.830. The van der Waals surface area contributed by atoms with Gasteiger partial charge in [-0.3, -0.25) is 0 Å². The molecule has 0 heterocycles. The van der Waals surface area contributed by atoms with Crippen LogP contribution in [0.2, 0.25) is 0 Å². The summed E-state index contributed by atoms with van der Waals surface area (Å²) in [5.41, 5.74) is 1.26. The third kappa shape index (κ3) is 3.83. The molecule has 0 fully saturated rings. The van der Waals surface area contributed by atoms with Gasteiger partial charge in [-0.1, -0.05) is 42.5 Å². The monoisotopic (exact) mass is 286 g/mol. The highest BCUT2D eigenvalue weighted by molar-refractivity contribution is 5.77. The first-order chi connectivity index (χ1) is 10.3. The van der Waals surface area contributed by atoms with Gasteiger partial charge in [-0.05, 0) is 24.6 Å². The number of carbonyl (C=O) groups is 1. The highest BCUT2D eigenvalue weighted by Gasteiger charge is 2.26. The Morgan fingerprint density at radius 2 is 1.76 bits per heavy atom. The van der Waals surface area contributed by atoms with Gasteiger partial charge in [0.2, 0.25) is 6.10 Å². The molecule has 0 saturated carbocycles. The molecule has 4 nitrogen and oxygen atoms in total. The minimum absolute atomic E-state index is 0.162. The Morgan fingerprint density at radius 3 is 2.43 bits per heavy atom. The summed E-state index contributed by atoms with van der Waals surface area (Å²) in [6, 6.07) is 16.2. The van der Waals surface area contributed by atoms with Crippen LogP contribution in [-0.2, 0) is 16.1 Å². The second kappa shape index (κ2) is 7.45. The second-order valence-electron chi connectivity index (χ2n) is 4.42. The number of aliphatic hydroxyl groups is 1. The molecule has 0 saturated heterocycles. The van der Waals surface area contributed by atoms with E-state index in [-0.39, 0.29) is 13.2 Å². The van der Waals surface area contributed by atoms with Crippen molar-refractivity contribution in [3.63, 3.8) is 0 Å². The first-order valence-corrected chi connectivity index (χ1v) is 6.83.